The number of anilines is 1. The smallest absolute Gasteiger partial charge is 0.354 e. The fourth-order valence-corrected chi connectivity index (χ4v) is 5.35. The van der Waals surface area contributed by atoms with E-state index in [1.54, 1.807) is 17.2 Å². The molecule has 12 heteroatoms. The molecule has 1 unspecified atom stereocenters. The average Bonchev–Trinajstić information content (AvgIpc) is 3.31. The van der Waals surface area contributed by atoms with Gasteiger partial charge in [-0.15, -0.1) is 0 Å². The summed E-state index contributed by atoms with van der Waals surface area (Å²) >= 11 is 0. The van der Waals surface area contributed by atoms with Crippen LogP contribution in [0.25, 0.3) is 5.69 Å². The molecule has 3 fully saturated rings. The van der Waals surface area contributed by atoms with Crippen molar-refractivity contribution in [2.75, 3.05) is 57.7 Å². The number of urea groups is 1. The molecular weight excluding hydrogens is 488 g/mol. The van der Waals surface area contributed by atoms with Crippen molar-refractivity contribution in [3.05, 3.63) is 52.6 Å². The molecule has 3 heterocycles. The fraction of sp³-hybridized carbons (Fsp3) is 0.538. The molecule has 1 aromatic heterocycles. The topological polar surface area (TPSA) is 163 Å². The monoisotopic (exact) mass is 524 g/mol. The molecule has 2 saturated heterocycles. The van der Waals surface area contributed by atoms with Gasteiger partial charge in [0.25, 0.3) is 0 Å². The van der Waals surface area contributed by atoms with Gasteiger partial charge in [-0.2, -0.15) is 4.98 Å². The maximum atomic E-state index is 12.7. The number of nitrogens with two attached hydrogens (primary N) is 2. The zero-order chi connectivity index (χ0) is 27.0. The number of nitrogens with one attached hydrogen (secondary N) is 1. The molecule has 1 aromatic carbocycles. The molecule has 0 radical (unpaired) electrons. The van der Waals surface area contributed by atoms with Gasteiger partial charge in [0.15, 0.2) is 0 Å². The van der Waals surface area contributed by atoms with E-state index in [-0.39, 0.29) is 11.7 Å². The van der Waals surface area contributed by atoms with Gasteiger partial charge >= 0.3 is 11.7 Å². The van der Waals surface area contributed by atoms with Crippen molar-refractivity contribution in [3.63, 3.8) is 0 Å². The predicted molar refractivity (Wildman–Crippen MR) is 142 cm³/mol. The van der Waals surface area contributed by atoms with Crippen molar-refractivity contribution in [1.82, 2.24) is 24.3 Å². The minimum atomic E-state index is -1.35. The number of likely N-dealkylation sites (tertiary alicyclic amines) is 1. The van der Waals surface area contributed by atoms with E-state index in [1.165, 1.54) is 22.0 Å². The van der Waals surface area contributed by atoms with Crippen LogP contribution in [0.3, 0.4) is 0 Å². The largest absolute Gasteiger partial charge is 0.394 e. The van der Waals surface area contributed by atoms with Crippen molar-refractivity contribution in [2.24, 2.45) is 23.3 Å². The van der Waals surface area contributed by atoms with Crippen LogP contribution in [-0.4, -0.2) is 105 Å². The van der Waals surface area contributed by atoms with E-state index < -0.39 is 23.9 Å². The molecule has 5 rings (SSSR count). The summed E-state index contributed by atoms with van der Waals surface area (Å²) in [6.07, 6.45) is 2.54. The number of aliphatic hydroxyl groups excluding tert-OH is 1. The lowest BCUT2D eigenvalue weighted by molar-refractivity contribution is -0.139. The highest BCUT2D eigenvalue weighted by Crippen LogP contribution is 2.43. The Morgan fingerprint density at radius 1 is 1.08 bits per heavy atom. The van der Waals surface area contributed by atoms with Gasteiger partial charge in [0, 0.05) is 58.1 Å². The standard InChI is InChI=1S/C26H36N8O4/c1-26(28,16-35)23(36)32-10-12-33(13-11-32)24(37)29-21-7-9-34(25(38)30-21)18-4-2-17(3-5-18)6-8-31-14-19-20(15-31)22(19)27/h2-5,7,9,19-20,22,35H,6,8,10-16,27-28H2,1H3,(H,29,30,37,38)/t19-,20+,22?,26-/m0/s1. The van der Waals surface area contributed by atoms with Crippen molar-refractivity contribution < 1.29 is 14.7 Å². The van der Waals surface area contributed by atoms with E-state index in [2.05, 4.69) is 15.2 Å². The second-order valence-electron chi connectivity index (χ2n) is 10.8. The molecule has 6 N–H and O–H groups in total. The summed E-state index contributed by atoms with van der Waals surface area (Å²) in [5.74, 6) is 1.17. The van der Waals surface area contributed by atoms with E-state index in [9.17, 15) is 19.5 Å². The highest BCUT2D eigenvalue weighted by atomic mass is 16.3. The first-order valence-electron chi connectivity index (χ1n) is 13.1. The zero-order valence-electron chi connectivity index (χ0n) is 21.6. The van der Waals surface area contributed by atoms with Crippen LogP contribution < -0.4 is 22.5 Å². The Morgan fingerprint density at radius 2 is 1.71 bits per heavy atom. The van der Waals surface area contributed by atoms with Crippen molar-refractivity contribution in [2.45, 2.75) is 24.9 Å². The molecule has 204 valence electrons. The second-order valence-corrected chi connectivity index (χ2v) is 10.8. The number of piperazine rings is 1. The zero-order valence-corrected chi connectivity index (χ0v) is 21.6. The van der Waals surface area contributed by atoms with Crippen LogP contribution in [0.15, 0.2) is 41.3 Å². The Morgan fingerprint density at radius 3 is 2.32 bits per heavy atom. The maximum Gasteiger partial charge on any atom is 0.354 e. The van der Waals surface area contributed by atoms with Gasteiger partial charge in [-0.3, -0.25) is 14.7 Å². The molecule has 3 aliphatic rings. The highest BCUT2D eigenvalue weighted by Gasteiger charge is 2.53. The van der Waals surface area contributed by atoms with Crippen LogP contribution in [0.2, 0.25) is 0 Å². The number of fused-ring (bicyclic) bond motifs is 1. The molecule has 1 saturated carbocycles. The van der Waals surface area contributed by atoms with Crippen LogP contribution in [0.1, 0.15) is 12.5 Å². The lowest BCUT2D eigenvalue weighted by Crippen LogP contribution is -2.60. The molecule has 2 aromatic rings. The summed E-state index contributed by atoms with van der Waals surface area (Å²) in [4.78, 5) is 47.3. The molecule has 12 nitrogen and oxygen atoms in total. The first-order chi connectivity index (χ1) is 18.2. The molecule has 4 atom stereocenters. The lowest BCUT2D eigenvalue weighted by Gasteiger charge is -2.37. The van der Waals surface area contributed by atoms with Gasteiger partial charge < -0.3 is 31.3 Å². The summed E-state index contributed by atoms with van der Waals surface area (Å²) in [6, 6.07) is 9.44. The maximum absolute atomic E-state index is 12.7. The van der Waals surface area contributed by atoms with Crippen molar-refractivity contribution in [1.29, 1.82) is 0 Å². The number of rotatable bonds is 7. The number of carbonyl (C=O) groups excluding carboxylic acids is 2. The molecule has 0 spiro atoms. The van der Waals surface area contributed by atoms with Crippen LogP contribution >= 0.6 is 0 Å². The Kier molecular flexibility index (Phi) is 7.23. The van der Waals surface area contributed by atoms with Gasteiger partial charge in [-0.1, -0.05) is 12.1 Å². The number of benzene rings is 1. The van der Waals surface area contributed by atoms with Gasteiger partial charge in [-0.25, -0.2) is 9.59 Å². The van der Waals surface area contributed by atoms with E-state index in [0.29, 0.717) is 49.7 Å². The minimum Gasteiger partial charge on any atom is -0.394 e. The van der Waals surface area contributed by atoms with E-state index in [0.717, 1.165) is 26.1 Å². The van der Waals surface area contributed by atoms with Gasteiger partial charge in [0.1, 0.15) is 11.4 Å². The first-order valence-corrected chi connectivity index (χ1v) is 13.1. The number of aliphatic hydroxyl groups is 1. The van der Waals surface area contributed by atoms with Gasteiger partial charge in [0.05, 0.1) is 12.3 Å². The number of nitrogens with zero attached hydrogens (tertiary/aromatic N) is 5. The summed E-state index contributed by atoms with van der Waals surface area (Å²) in [7, 11) is 0. The fourth-order valence-electron chi connectivity index (χ4n) is 5.35. The number of carbonyl (C=O) groups is 2. The summed E-state index contributed by atoms with van der Waals surface area (Å²) in [6.45, 7) is 5.44. The van der Waals surface area contributed by atoms with Gasteiger partial charge in [-0.05, 0) is 48.9 Å². The lowest BCUT2D eigenvalue weighted by atomic mass is 10.0. The van der Waals surface area contributed by atoms with Crippen LogP contribution in [0.4, 0.5) is 10.6 Å². The third-order valence-electron chi connectivity index (χ3n) is 7.98. The Bertz CT molecular complexity index is 1230. The number of piperidine rings is 1. The minimum absolute atomic E-state index is 0.157. The van der Waals surface area contributed by atoms with E-state index >= 15 is 0 Å². The SMILES string of the molecule is C[C@](N)(CO)C(=O)N1CCN(C(=O)Nc2ccn(-c3ccc(CCN4C[C@@H]5C(N)[C@@H]5C4)cc3)c(=O)n2)CC1. The third-order valence-corrected chi connectivity index (χ3v) is 7.98. The molecule has 3 amide bonds. The van der Waals surface area contributed by atoms with Crippen molar-refractivity contribution in [3.8, 4) is 5.69 Å². The molecule has 0 bridgehead atoms. The Labute approximate surface area is 221 Å². The van der Waals surface area contributed by atoms with Crippen LogP contribution in [0.5, 0.6) is 0 Å². The number of amides is 3. The molecule has 2 aliphatic heterocycles. The summed E-state index contributed by atoms with van der Waals surface area (Å²) in [5, 5.41) is 12.0. The number of hydrogen-bond donors (Lipinski definition) is 4. The Balaban J connectivity index is 1.12. The summed E-state index contributed by atoms with van der Waals surface area (Å²) < 4.78 is 1.43. The number of aromatic nitrogens is 2. The normalized spacial score (nSPS) is 24.6. The molecule has 1 aliphatic carbocycles. The van der Waals surface area contributed by atoms with Crippen LogP contribution in [-0.2, 0) is 11.2 Å². The van der Waals surface area contributed by atoms with E-state index in [4.69, 9.17) is 11.5 Å². The molecule has 38 heavy (non-hydrogen) atoms. The van der Waals surface area contributed by atoms with E-state index in [1.807, 2.05) is 24.3 Å². The third kappa shape index (κ3) is 5.44. The van der Waals surface area contributed by atoms with Gasteiger partial charge in [0.2, 0.25) is 5.91 Å². The van der Waals surface area contributed by atoms with Crippen LogP contribution in [0, 0.1) is 11.8 Å². The highest BCUT2D eigenvalue weighted by molar-refractivity contribution is 5.89. The Hall–Kier alpha value is -3.32. The average molecular weight is 525 g/mol. The second kappa shape index (κ2) is 10.4. The quantitative estimate of drug-likeness (QED) is 0.360. The van der Waals surface area contributed by atoms with Crippen molar-refractivity contribution >= 4 is 17.8 Å². The number of hydrogen-bond acceptors (Lipinski definition) is 8. The predicted octanol–water partition coefficient (Wildman–Crippen LogP) is -0.950. The molecular formula is C26H36N8O4. The summed E-state index contributed by atoms with van der Waals surface area (Å²) in [5.41, 5.74) is 11.9. The first kappa shape index (κ1) is 26.3.